The Labute approximate surface area is 206 Å². The number of hydrogen-bond donors (Lipinski definition) is 0. The quantitative estimate of drug-likeness (QED) is 0.213. The summed E-state index contributed by atoms with van der Waals surface area (Å²) >= 11 is 0. The molecule has 0 saturated carbocycles. The highest BCUT2D eigenvalue weighted by Crippen LogP contribution is 2.34. The molecule has 172 valence electrons. The fraction of sp³-hybridized carbons (Fsp3) is 0.0645. The van der Waals surface area contributed by atoms with Gasteiger partial charge in [0.05, 0.1) is 6.54 Å². The second kappa shape index (κ2) is 11.0. The van der Waals surface area contributed by atoms with Crippen molar-refractivity contribution in [1.29, 1.82) is 0 Å². The number of anilines is 3. The molecule has 0 unspecified atom stereocenters. The Hall–Kier alpha value is -4.57. The van der Waals surface area contributed by atoms with E-state index in [9.17, 15) is 0 Å². The maximum atomic E-state index is 5.82. The summed E-state index contributed by atoms with van der Waals surface area (Å²) in [5.41, 5.74) is 5.66. The molecule has 4 heteroatoms. The average Bonchev–Trinajstić information content (AvgIpc) is 3.44. The number of benzene rings is 4. The van der Waals surface area contributed by atoms with E-state index in [1.54, 1.807) is 6.20 Å². The number of para-hydroxylation sites is 2. The number of aromatic nitrogens is 2. The van der Waals surface area contributed by atoms with Crippen LogP contribution in [-0.2, 0) is 6.54 Å². The molecule has 0 fully saturated rings. The molecule has 35 heavy (non-hydrogen) atoms. The molecule has 0 aliphatic carbocycles. The standard InChI is InChI=1S/C31H27N3O/c1-3-8-28(9-4-1)34(29-10-5-2-6-11-29)30-18-14-26(15-19-30)12-13-27-16-20-31(21-17-27)35-25-24-33-23-7-22-32-33/h1-23H,24-25H2/b13-12+. The third kappa shape index (κ3) is 5.87. The predicted molar refractivity (Wildman–Crippen MR) is 144 cm³/mol. The van der Waals surface area contributed by atoms with E-state index in [1.165, 1.54) is 0 Å². The van der Waals surface area contributed by atoms with Crippen LogP contribution < -0.4 is 9.64 Å². The van der Waals surface area contributed by atoms with E-state index in [0.29, 0.717) is 6.61 Å². The van der Waals surface area contributed by atoms with Gasteiger partial charge in [-0.05, 0) is 65.7 Å². The number of hydrogen-bond acceptors (Lipinski definition) is 3. The molecule has 0 atom stereocenters. The molecule has 1 heterocycles. The lowest BCUT2D eigenvalue weighted by Crippen LogP contribution is -2.09. The van der Waals surface area contributed by atoms with Crippen molar-refractivity contribution in [1.82, 2.24) is 9.78 Å². The van der Waals surface area contributed by atoms with Crippen molar-refractivity contribution in [2.45, 2.75) is 6.54 Å². The van der Waals surface area contributed by atoms with E-state index < -0.39 is 0 Å². The van der Waals surface area contributed by atoms with Crippen LogP contribution in [0.15, 0.2) is 128 Å². The largest absolute Gasteiger partial charge is 0.492 e. The molecule has 0 bridgehead atoms. The van der Waals surface area contributed by atoms with E-state index in [-0.39, 0.29) is 0 Å². The molecular weight excluding hydrogens is 430 g/mol. The Morgan fingerprint density at radius 1 is 0.629 bits per heavy atom. The van der Waals surface area contributed by atoms with Gasteiger partial charge in [-0.15, -0.1) is 0 Å². The second-order valence-electron chi connectivity index (χ2n) is 8.12. The van der Waals surface area contributed by atoms with Gasteiger partial charge in [0.25, 0.3) is 0 Å². The molecule has 0 radical (unpaired) electrons. The lowest BCUT2D eigenvalue weighted by Gasteiger charge is -2.25. The van der Waals surface area contributed by atoms with Crippen LogP contribution in [-0.4, -0.2) is 16.4 Å². The van der Waals surface area contributed by atoms with Gasteiger partial charge in [0.2, 0.25) is 0 Å². The molecule has 5 rings (SSSR count). The number of ether oxygens (including phenoxy) is 1. The first-order valence-electron chi connectivity index (χ1n) is 11.7. The molecule has 4 aromatic carbocycles. The van der Waals surface area contributed by atoms with Gasteiger partial charge in [0.15, 0.2) is 0 Å². The Morgan fingerprint density at radius 2 is 1.17 bits per heavy atom. The Bertz CT molecular complexity index is 1290. The molecule has 0 aliphatic rings. The van der Waals surface area contributed by atoms with Gasteiger partial charge in [0.1, 0.15) is 12.4 Å². The maximum Gasteiger partial charge on any atom is 0.119 e. The molecule has 0 spiro atoms. The van der Waals surface area contributed by atoms with Crippen LogP contribution in [0, 0.1) is 0 Å². The summed E-state index contributed by atoms with van der Waals surface area (Å²) in [7, 11) is 0. The fourth-order valence-electron chi connectivity index (χ4n) is 3.89. The normalized spacial score (nSPS) is 11.0. The first kappa shape index (κ1) is 22.2. The zero-order valence-electron chi connectivity index (χ0n) is 19.4. The lowest BCUT2D eigenvalue weighted by molar-refractivity contribution is 0.291. The summed E-state index contributed by atoms with van der Waals surface area (Å²) in [5, 5.41) is 4.19. The molecule has 0 amide bonds. The summed E-state index contributed by atoms with van der Waals surface area (Å²) in [6.07, 6.45) is 7.96. The third-order valence-electron chi connectivity index (χ3n) is 5.68. The van der Waals surface area contributed by atoms with Gasteiger partial charge >= 0.3 is 0 Å². The SMILES string of the molecule is C(=C\c1ccc(N(c2ccccc2)c2ccccc2)cc1)/c1ccc(OCCn2cccn2)cc1. The minimum Gasteiger partial charge on any atom is -0.492 e. The van der Waals surface area contributed by atoms with Crippen molar-refractivity contribution in [2.24, 2.45) is 0 Å². The zero-order valence-corrected chi connectivity index (χ0v) is 19.4. The van der Waals surface area contributed by atoms with E-state index in [1.807, 2.05) is 41.2 Å². The van der Waals surface area contributed by atoms with Crippen molar-refractivity contribution in [3.8, 4) is 5.75 Å². The van der Waals surface area contributed by atoms with E-state index in [2.05, 4.69) is 107 Å². The van der Waals surface area contributed by atoms with E-state index in [0.717, 1.165) is 40.5 Å². The Morgan fingerprint density at radius 3 is 1.71 bits per heavy atom. The summed E-state index contributed by atoms with van der Waals surface area (Å²) in [4.78, 5) is 2.26. The van der Waals surface area contributed by atoms with Crippen molar-refractivity contribution >= 4 is 29.2 Å². The Balaban J connectivity index is 1.25. The van der Waals surface area contributed by atoms with Gasteiger partial charge < -0.3 is 9.64 Å². The highest BCUT2D eigenvalue weighted by molar-refractivity contribution is 5.78. The summed E-state index contributed by atoms with van der Waals surface area (Å²) in [6, 6.07) is 39.6. The fourth-order valence-corrected chi connectivity index (χ4v) is 3.89. The molecular formula is C31H27N3O. The molecule has 5 aromatic rings. The van der Waals surface area contributed by atoms with Gasteiger partial charge in [-0.25, -0.2) is 0 Å². The molecule has 1 aromatic heterocycles. The summed E-state index contributed by atoms with van der Waals surface area (Å²) < 4.78 is 7.68. The van der Waals surface area contributed by atoms with E-state index >= 15 is 0 Å². The topological polar surface area (TPSA) is 30.3 Å². The van der Waals surface area contributed by atoms with Crippen molar-refractivity contribution < 1.29 is 4.74 Å². The van der Waals surface area contributed by atoms with Crippen molar-refractivity contribution in [3.63, 3.8) is 0 Å². The predicted octanol–water partition coefficient (Wildman–Crippen LogP) is 7.60. The van der Waals surface area contributed by atoms with Crippen LogP contribution in [0.2, 0.25) is 0 Å². The number of rotatable bonds is 9. The molecule has 0 saturated heterocycles. The number of nitrogens with zero attached hydrogens (tertiary/aromatic N) is 3. The lowest BCUT2D eigenvalue weighted by atomic mass is 10.1. The zero-order chi connectivity index (χ0) is 23.7. The van der Waals surface area contributed by atoms with Crippen LogP contribution in [0.5, 0.6) is 5.75 Å². The highest BCUT2D eigenvalue weighted by atomic mass is 16.5. The van der Waals surface area contributed by atoms with Crippen molar-refractivity contribution in [3.05, 3.63) is 139 Å². The van der Waals surface area contributed by atoms with Crippen molar-refractivity contribution in [2.75, 3.05) is 11.5 Å². The van der Waals surface area contributed by atoms with Crippen LogP contribution in [0.25, 0.3) is 12.2 Å². The molecule has 0 N–H and O–H groups in total. The van der Waals surface area contributed by atoms with Gasteiger partial charge in [0, 0.05) is 29.5 Å². The summed E-state index contributed by atoms with van der Waals surface area (Å²) in [6.45, 7) is 1.32. The second-order valence-corrected chi connectivity index (χ2v) is 8.12. The van der Waals surface area contributed by atoms with Crippen LogP contribution in [0.4, 0.5) is 17.1 Å². The smallest absolute Gasteiger partial charge is 0.119 e. The first-order chi connectivity index (χ1) is 17.3. The molecule has 4 nitrogen and oxygen atoms in total. The van der Waals surface area contributed by atoms with Crippen LogP contribution >= 0.6 is 0 Å². The summed E-state index contributed by atoms with van der Waals surface area (Å²) in [5.74, 6) is 0.862. The van der Waals surface area contributed by atoms with E-state index in [4.69, 9.17) is 4.74 Å². The Kier molecular flexibility index (Phi) is 7.01. The van der Waals surface area contributed by atoms with Gasteiger partial charge in [-0.2, -0.15) is 5.10 Å². The van der Waals surface area contributed by atoms with Crippen LogP contribution in [0.1, 0.15) is 11.1 Å². The maximum absolute atomic E-state index is 5.82. The van der Waals surface area contributed by atoms with Gasteiger partial charge in [-0.3, -0.25) is 4.68 Å². The average molecular weight is 458 g/mol. The first-order valence-corrected chi connectivity index (χ1v) is 11.7. The monoisotopic (exact) mass is 457 g/mol. The van der Waals surface area contributed by atoms with Gasteiger partial charge in [-0.1, -0.05) is 72.8 Å². The highest BCUT2D eigenvalue weighted by Gasteiger charge is 2.11. The minimum atomic E-state index is 0.589. The third-order valence-corrected chi connectivity index (χ3v) is 5.68. The van der Waals surface area contributed by atoms with Crippen LogP contribution in [0.3, 0.4) is 0 Å². The minimum absolute atomic E-state index is 0.589. The molecule has 0 aliphatic heterocycles.